The first kappa shape index (κ1) is 31.8. The van der Waals surface area contributed by atoms with Gasteiger partial charge in [-0.25, -0.2) is 9.97 Å². The fourth-order valence-corrected chi connectivity index (χ4v) is 9.78. The van der Waals surface area contributed by atoms with Crippen LogP contribution in [0.25, 0.3) is 109 Å². The molecule has 5 heterocycles. The van der Waals surface area contributed by atoms with Gasteiger partial charge in [0.2, 0.25) is 5.95 Å². The minimum Gasteiger partial charge on any atom is -0.308 e. The molecule has 5 aromatic heterocycles. The fraction of sp³-hybridized carbons (Fsp3) is 0. The van der Waals surface area contributed by atoms with Crippen molar-refractivity contribution in [2.75, 3.05) is 0 Å². The van der Waals surface area contributed by atoms with Crippen LogP contribution >= 0.6 is 11.3 Å². The Balaban J connectivity index is 1.25. The third-order valence-electron chi connectivity index (χ3n) is 11.0. The molecule has 0 aliphatic rings. The van der Waals surface area contributed by atoms with E-state index in [9.17, 15) is 0 Å². The van der Waals surface area contributed by atoms with Crippen LogP contribution in [-0.2, 0) is 0 Å². The molecule has 266 valence electrons. The van der Waals surface area contributed by atoms with E-state index in [4.69, 9.17) is 19.9 Å². The first-order valence-electron chi connectivity index (χ1n) is 19.0. The zero-order chi connectivity index (χ0) is 37.5. The van der Waals surface area contributed by atoms with Crippen molar-refractivity contribution < 1.29 is 0 Å². The zero-order valence-corrected chi connectivity index (χ0v) is 31.2. The number of fused-ring (bicyclic) bond motifs is 12. The van der Waals surface area contributed by atoms with E-state index in [1.165, 1.54) is 15.5 Å². The molecule has 12 aromatic rings. The number of pyridine rings is 1. The molecule has 7 aromatic carbocycles. The molecule has 0 fully saturated rings. The first-order chi connectivity index (χ1) is 28.3. The van der Waals surface area contributed by atoms with Crippen molar-refractivity contribution in [3.05, 3.63) is 182 Å². The van der Waals surface area contributed by atoms with Crippen LogP contribution < -0.4 is 0 Å². The molecule has 0 bridgehead atoms. The first-order valence-corrected chi connectivity index (χ1v) is 19.8. The summed E-state index contributed by atoms with van der Waals surface area (Å²) in [5.41, 5.74) is 9.60. The summed E-state index contributed by atoms with van der Waals surface area (Å²) in [5.74, 6) is 1.79. The lowest BCUT2D eigenvalue weighted by atomic mass is 10.0. The van der Waals surface area contributed by atoms with Crippen molar-refractivity contribution in [1.82, 2.24) is 29.1 Å². The van der Waals surface area contributed by atoms with E-state index in [2.05, 4.69) is 155 Å². The minimum absolute atomic E-state index is 0.564. The number of hydrogen-bond acceptors (Lipinski definition) is 5. The average molecular weight is 747 g/mol. The number of hydrogen-bond donors (Lipinski definition) is 0. The van der Waals surface area contributed by atoms with Crippen LogP contribution in [0.4, 0.5) is 0 Å². The van der Waals surface area contributed by atoms with Crippen LogP contribution in [0.15, 0.2) is 182 Å². The molecule has 0 N–H and O–H groups in total. The van der Waals surface area contributed by atoms with Crippen LogP contribution in [0, 0.1) is 0 Å². The third kappa shape index (κ3) is 4.83. The second-order valence-corrected chi connectivity index (χ2v) is 15.2. The molecule has 0 aliphatic carbocycles. The van der Waals surface area contributed by atoms with Gasteiger partial charge in [0.25, 0.3) is 0 Å². The molecular weight excluding hydrogens is 717 g/mol. The molecular formula is C50H30N6S. The Morgan fingerprint density at radius 2 is 0.877 bits per heavy atom. The van der Waals surface area contributed by atoms with Crippen LogP contribution in [-0.4, -0.2) is 29.1 Å². The molecule has 57 heavy (non-hydrogen) atoms. The Bertz CT molecular complexity index is 3500. The van der Waals surface area contributed by atoms with Gasteiger partial charge in [0, 0.05) is 60.0 Å². The standard InChI is InChI=1S/C50H30N6S/c1-4-15-31(16-5-1)32-26-28-34(29-27-32)48-52-47(33-17-6-2-7-18-33)53-50(54-48)56-40-25-13-11-22-37(40)42-45(56)41-36-21-10-12-24-39(36)55(35-19-8-3-9-20-35)44(41)43-38-23-14-30-51-49(38)57-46(42)43/h1-30H. The summed E-state index contributed by atoms with van der Waals surface area (Å²) in [5, 5.41) is 6.96. The Morgan fingerprint density at radius 1 is 0.386 bits per heavy atom. The quantitative estimate of drug-likeness (QED) is 0.176. The summed E-state index contributed by atoms with van der Waals surface area (Å²) in [4.78, 5) is 21.8. The molecule has 12 rings (SSSR count). The van der Waals surface area contributed by atoms with Crippen LogP contribution in [0.5, 0.6) is 0 Å². The predicted molar refractivity (Wildman–Crippen MR) is 235 cm³/mol. The lowest BCUT2D eigenvalue weighted by molar-refractivity contribution is 0.955. The van der Waals surface area contributed by atoms with E-state index in [0.717, 1.165) is 76.4 Å². The number of aromatic nitrogens is 6. The summed E-state index contributed by atoms with van der Waals surface area (Å²) < 4.78 is 5.90. The highest BCUT2D eigenvalue weighted by atomic mass is 32.1. The monoisotopic (exact) mass is 746 g/mol. The number of rotatable bonds is 5. The van der Waals surface area contributed by atoms with Crippen molar-refractivity contribution in [3.8, 4) is 45.5 Å². The van der Waals surface area contributed by atoms with Crippen LogP contribution in [0.3, 0.4) is 0 Å². The Hall–Kier alpha value is -7.48. The highest BCUT2D eigenvalue weighted by Crippen LogP contribution is 2.50. The number of thiophene rings is 1. The summed E-state index contributed by atoms with van der Waals surface area (Å²) in [7, 11) is 0. The van der Waals surface area contributed by atoms with Crippen molar-refractivity contribution in [2.24, 2.45) is 0 Å². The van der Waals surface area contributed by atoms with E-state index >= 15 is 0 Å². The van der Waals surface area contributed by atoms with Crippen molar-refractivity contribution in [2.45, 2.75) is 0 Å². The van der Waals surface area contributed by atoms with Gasteiger partial charge in [-0.15, -0.1) is 11.3 Å². The van der Waals surface area contributed by atoms with Crippen LogP contribution in [0.1, 0.15) is 0 Å². The zero-order valence-electron chi connectivity index (χ0n) is 30.4. The lowest BCUT2D eigenvalue weighted by Gasteiger charge is -2.13. The largest absolute Gasteiger partial charge is 0.308 e. The molecule has 0 unspecified atom stereocenters. The number of nitrogens with zero attached hydrogens (tertiary/aromatic N) is 6. The second kappa shape index (κ2) is 12.5. The van der Waals surface area contributed by atoms with E-state index < -0.39 is 0 Å². The maximum Gasteiger partial charge on any atom is 0.238 e. The third-order valence-corrected chi connectivity index (χ3v) is 12.2. The van der Waals surface area contributed by atoms with Gasteiger partial charge in [-0.2, -0.15) is 9.97 Å². The number of benzene rings is 7. The maximum absolute atomic E-state index is 5.37. The highest BCUT2D eigenvalue weighted by molar-refractivity contribution is 7.26. The Kier molecular flexibility index (Phi) is 7.00. The van der Waals surface area contributed by atoms with E-state index in [1.807, 2.05) is 36.5 Å². The van der Waals surface area contributed by atoms with Gasteiger partial charge in [-0.1, -0.05) is 140 Å². The summed E-state index contributed by atoms with van der Waals surface area (Å²) in [6.45, 7) is 0. The molecule has 0 saturated heterocycles. The molecule has 0 aliphatic heterocycles. The Morgan fingerprint density at radius 3 is 1.58 bits per heavy atom. The molecule has 7 heteroatoms. The molecule has 0 saturated carbocycles. The average Bonchev–Trinajstić information content (AvgIpc) is 3.95. The van der Waals surface area contributed by atoms with Gasteiger partial charge in [0.15, 0.2) is 11.6 Å². The van der Waals surface area contributed by atoms with Gasteiger partial charge in [-0.05, 0) is 47.5 Å². The minimum atomic E-state index is 0.564. The smallest absolute Gasteiger partial charge is 0.238 e. The van der Waals surface area contributed by atoms with Gasteiger partial charge < -0.3 is 4.57 Å². The van der Waals surface area contributed by atoms with E-state index in [1.54, 1.807) is 11.3 Å². The summed E-state index contributed by atoms with van der Waals surface area (Å²) in [6.07, 6.45) is 1.89. The van der Waals surface area contributed by atoms with Gasteiger partial charge >= 0.3 is 0 Å². The fourth-order valence-electron chi connectivity index (χ4n) is 8.57. The highest BCUT2D eigenvalue weighted by Gasteiger charge is 2.28. The topological polar surface area (TPSA) is 61.4 Å². The normalized spacial score (nSPS) is 11.9. The van der Waals surface area contributed by atoms with Crippen LogP contribution in [0.2, 0.25) is 0 Å². The van der Waals surface area contributed by atoms with Gasteiger partial charge in [0.05, 0.1) is 22.1 Å². The SMILES string of the molecule is c1ccc(-c2ccc(-c3nc(-c4ccccc4)nc(-n4c5ccccc5c5c6sc7ncccc7c6c6c(c7ccccc7n6-c6ccccc6)c54)n3)cc2)cc1. The van der Waals surface area contributed by atoms with Crippen molar-refractivity contribution >= 4 is 75.3 Å². The van der Waals surface area contributed by atoms with E-state index in [0.29, 0.717) is 17.6 Å². The second-order valence-electron chi connectivity index (χ2n) is 14.2. The van der Waals surface area contributed by atoms with Gasteiger partial charge in [0.1, 0.15) is 4.83 Å². The van der Waals surface area contributed by atoms with Crippen molar-refractivity contribution in [3.63, 3.8) is 0 Å². The summed E-state index contributed by atoms with van der Waals surface area (Å²) in [6, 6.07) is 61.5. The van der Waals surface area contributed by atoms with Crippen molar-refractivity contribution in [1.29, 1.82) is 0 Å². The molecule has 0 spiro atoms. The lowest BCUT2D eigenvalue weighted by Crippen LogP contribution is -2.06. The van der Waals surface area contributed by atoms with Gasteiger partial charge in [-0.3, -0.25) is 4.57 Å². The molecule has 6 nitrogen and oxygen atoms in total. The Labute approximate surface area is 330 Å². The number of para-hydroxylation sites is 3. The predicted octanol–water partition coefficient (Wildman–Crippen LogP) is 12.8. The molecule has 0 atom stereocenters. The van der Waals surface area contributed by atoms with E-state index in [-0.39, 0.29) is 0 Å². The molecule has 0 radical (unpaired) electrons. The summed E-state index contributed by atoms with van der Waals surface area (Å²) >= 11 is 1.75. The maximum atomic E-state index is 5.37. The molecule has 0 amide bonds.